The number of carboxylic acid groups (broad SMARTS) is 1. The molecule has 7 rings (SSSR count). The fourth-order valence-electron chi connectivity index (χ4n) is 6.53. The molecule has 0 aliphatic carbocycles. The van der Waals surface area contributed by atoms with Gasteiger partial charge in [0.1, 0.15) is 23.5 Å². The SMILES string of the molecule is CC[C@H]1C=CCOC2(C)CCN(CC2)c2c([C@H](OC(C)(C)C)C(=O)O)c(C)nc3cc(nn23)-c2cccc(c2)-c2c(ccc(C)c2F)O1. The Morgan fingerprint density at radius 2 is 1.88 bits per heavy atom. The highest BCUT2D eigenvalue weighted by Gasteiger charge is 2.38. The number of aryl methyl sites for hydroxylation is 2. The monoisotopic (exact) mass is 656 g/mol. The maximum absolute atomic E-state index is 15.9. The molecule has 9 nitrogen and oxygen atoms in total. The number of hydrogen-bond donors (Lipinski definition) is 1. The van der Waals surface area contributed by atoms with Gasteiger partial charge in [0.2, 0.25) is 0 Å². The molecule has 48 heavy (non-hydrogen) atoms. The predicted molar refractivity (Wildman–Crippen MR) is 184 cm³/mol. The highest BCUT2D eigenvalue weighted by atomic mass is 19.1. The average Bonchev–Trinajstić information content (AvgIpc) is 3.46. The van der Waals surface area contributed by atoms with Gasteiger partial charge in [-0.25, -0.2) is 14.2 Å². The van der Waals surface area contributed by atoms with E-state index in [4.69, 9.17) is 24.3 Å². The second-order valence-corrected chi connectivity index (χ2v) is 14.1. The molecule has 10 heteroatoms. The van der Waals surface area contributed by atoms with Crippen LogP contribution < -0.4 is 9.64 Å². The van der Waals surface area contributed by atoms with Crippen molar-refractivity contribution in [3.63, 3.8) is 0 Å². The molecule has 0 unspecified atom stereocenters. The molecule has 2 aromatic heterocycles. The third kappa shape index (κ3) is 6.69. The Morgan fingerprint density at radius 3 is 2.56 bits per heavy atom. The molecule has 2 aromatic carbocycles. The summed E-state index contributed by atoms with van der Waals surface area (Å²) in [6, 6.07) is 13.0. The molecular weight excluding hydrogens is 611 g/mol. The number of piperidine rings is 1. The normalized spacial score (nSPS) is 20.6. The molecule has 0 spiro atoms. The van der Waals surface area contributed by atoms with Crippen molar-refractivity contribution in [3.05, 3.63) is 77.3 Å². The van der Waals surface area contributed by atoms with E-state index in [9.17, 15) is 9.90 Å². The maximum Gasteiger partial charge on any atom is 0.337 e. The summed E-state index contributed by atoms with van der Waals surface area (Å²) in [4.78, 5) is 19.8. The number of hydrogen-bond acceptors (Lipinski definition) is 7. The van der Waals surface area contributed by atoms with E-state index < -0.39 is 17.7 Å². The molecule has 1 N–H and O–H groups in total. The Morgan fingerprint density at radius 1 is 1.15 bits per heavy atom. The third-order valence-corrected chi connectivity index (χ3v) is 9.19. The van der Waals surface area contributed by atoms with Gasteiger partial charge in [0.25, 0.3) is 0 Å². The van der Waals surface area contributed by atoms with Crippen molar-refractivity contribution in [1.29, 1.82) is 0 Å². The Kier molecular flexibility index (Phi) is 9.08. The van der Waals surface area contributed by atoms with Crippen molar-refractivity contribution < 1.29 is 28.5 Å². The summed E-state index contributed by atoms with van der Waals surface area (Å²) in [6.45, 7) is 14.9. The van der Waals surface area contributed by atoms with Crippen LogP contribution in [0.1, 0.15) is 76.8 Å². The van der Waals surface area contributed by atoms with E-state index >= 15 is 4.39 Å². The lowest BCUT2D eigenvalue weighted by molar-refractivity contribution is -0.160. The number of aromatic nitrogens is 3. The smallest absolute Gasteiger partial charge is 0.337 e. The van der Waals surface area contributed by atoms with E-state index in [0.717, 1.165) is 18.4 Å². The summed E-state index contributed by atoms with van der Waals surface area (Å²) < 4.78 is 36.7. The van der Waals surface area contributed by atoms with E-state index in [1.54, 1.807) is 17.5 Å². The lowest BCUT2D eigenvalue weighted by atomic mass is 9.92. The van der Waals surface area contributed by atoms with Gasteiger partial charge in [-0.15, -0.1) is 0 Å². The Bertz CT molecular complexity index is 1870. The standard InChI is InChI=1S/C38H45FN4O5/c1-8-27-13-10-20-46-38(7)16-18-42(19-17-38)35-31(34(36(44)45)48-37(4,5)6)24(3)40-30-22-28(41-43(30)35)25-11-9-12-26(21-25)32-29(47-27)15-14-23(2)33(32)39/h9-15,21-22,27,34H,8,16-20H2,1-7H3,(H,44,45)/t27-,34-/m0/s1. The number of ether oxygens (including phenoxy) is 3. The molecule has 3 aliphatic rings. The second kappa shape index (κ2) is 13.0. The van der Waals surface area contributed by atoms with Crippen LogP contribution in [0.3, 0.4) is 0 Å². The fraction of sp³-hybridized carbons (Fsp3) is 0.447. The third-order valence-electron chi connectivity index (χ3n) is 9.19. The minimum Gasteiger partial charge on any atom is -0.486 e. The quantitative estimate of drug-likeness (QED) is 0.222. The number of rotatable bonds is 4. The molecule has 254 valence electrons. The Labute approximate surface area is 281 Å². The van der Waals surface area contributed by atoms with Crippen LogP contribution >= 0.6 is 0 Å². The lowest BCUT2D eigenvalue weighted by Crippen LogP contribution is -2.45. The van der Waals surface area contributed by atoms with E-state index in [2.05, 4.69) is 11.8 Å². The highest BCUT2D eigenvalue weighted by Crippen LogP contribution is 2.40. The number of aliphatic carboxylic acids is 1. The zero-order valence-corrected chi connectivity index (χ0v) is 28.8. The molecule has 6 bridgehead atoms. The fourth-order valence-corrected chi connectivity index (χ4v) is 6.53. The largest absolute Gasteiger partial charge is 0.486 e. The topological polar surface area (TPSA) is 98.4 Å². The van der Waals surface area contributed by atoms with Gasteiger partial charge in [-0.3, -0.25) is 0 Å². The molecule has 4 aromatic rings. The van der Waals surface area contributed by atoms with Crippen molar-refractivity contribution in [2.45, 2.75) is 91.1 Å². The van der Waals surface area contributed by atoms with Crippen LogP contribution in [0.5, 0.6) is 5.75 Å². The van der Waals surface area contributed by atoms with Crippen LogP contribution in [0.2, 0.25) is 0 Å². The summed E-state index contributed by atoms with van der Waals surface area (Å²) in [6.07, 6.45) is 4.57. The number of carbonyl (C=O) groups is 1. The molecule has 1 fully saturated rings. The summed E-state index contributed by atoms with van der Waals surface area (Å²) in [5.41, 5.74) is 3.44. The zero-order chi connectivity index (χ0) is 34.4. The van der Waals surface area contributed by atoms with E-state index in [-0.39, 0.29) is 17.5 Å². The van der Waals surface area contributed by atoms with E-state index in [1.807, 2.05) is 83.2 Å². The number of anilines is 1. The first-order valence-corrected chi connectivity index (χ1v) is 16.7. The first-order chi connectivity index (χ1) is 22.8. The van der Waals surface area contributed by atoms with Gasteiger partial charge in [0.05, 0.1) is 34.6 Å². The number of benzene rings is 2. The van der Waals surface area contributed by atoms with Gasteiger partial charge < -0.3 is 24.2 Å². The molecule has 0 radical (unpaired) electrons. The zero-order valence-electron chi connectivity index (χ0n) is 28.8. The lowest BCUT2D eigenvalue weighted by Gasteiger charge is -2.41. The second-order valence-electron chi connectivity index (χ2n) is 14.1. The van der Waals surface area contributed by atoms with Crippen LogP contribution in [0, 0.1) is 19.7 Å². The minimum atomic E-state index is -1.27. The summed E-state index contributed by atoms with van der Waals surface area (Å²) in [5.74, 6) is -0.334. The molecule has 1 saturated heterocycles. The number of fused-ring (bicyclic) bond motifs is 6. The van der Waals surface area contributed by atoms with Gasteiger partial charge >= 0.3 is 5.97 Å². The number of nitrogens with zero attached hydrogens (tertiary/aromatic N) is 4. The van der Waals surface area contributed by atoms with Crippen molar-refractivity contribution in [2.24, 2.45) is 0 Å². The Hall–Kier alpha value is -4.28. The summed E-state index contributed by atoms with van der Waals surface area (Å²) in [5, 5.41) is 15.5. The average molecular weight is 657 g/mol. The number of halogens is 1. The van der Waals surface area contributed by atoms with Crippen LogP contribution in [-0.4, -0.2) is 62.7 Å². The van der Waals surface area contributed by atoms with Crippen molar-refractivity contribution in [3.8, 4) is 28.1 Å². The molecule has 2 atom stereocenters. The molecule has 0 saturated carbocycles. The van der Waals surface area contributed by atoms with Crippen molar-refractivity contribution >= 4 is 17.4 Å². The highest BCUT2D eigenvalue weighted by molar-refractivity contribution is 5.80. The van der Waals surface area contributed by atoms with Crippen molar-refractivity contribution in [2.75, 3.05) is 24.6 Å². The number of carboxylic acids is 1. The van der Waals surface area contributed by atoms with Gasteiger partial charge in [-0.1, -0.05) is 37.3 Å². The molecular formula is C38H45FN4O5. The Balaban J connectivity index is 1.58. The van der Waals surface area contributed by atoms with E-state index in [0.29, 0.717) is 77.0 Å². The van der Waals surface area contributed by atoms with E-state index in [1.165, 1.54) is 0 Å². The van der Waals surface area contributed by atoms with Crippen LogP contribution in [0.15, 0.2) is 54.6 Å². The van der Waals surface area contributed by atoms with Crippen LogP contribution in [0.25, 0.3) is 28.0 Å². The summed E-state index contributed by atoms with van der Waals surface area (Å²) >= 11 is 0. The maximum atomic E-state index is 15.9. The predicted octanol–water partition coefficient (Wildman–Crippen LogP) is 7.86. The first kappa shape index (κ1) is 33.6. The minimum absolute atomic E-state index is 0.268. The molecule has 0 amide bonds. The van der Waals surface area contributed by atoms with Crippen LogP contribution in [0.4, 0.5) is 10.2 Å². The molecule has 5 heterocycles. The van der Waals surface area contributed by atoms with Gasteiger partial charge in [-0.2, -0.15) is 9.61 Å². The van der Waals surface area contributed by atoms with Gasteiger partial charge in [0, 0.05) is 30.4 Å². The summed E-state index contributed by atoms with van der Waals surface area (Å²) in [7, 11) is 0. The van der Waals surface area contributed by atoms with Crippen molar-refractivity contribution in [1.82, 2.24) is 14.6 Å². The van der Waals surface area contributed by atoms with Gasteiger partial charge in [0.15, 0.2) is 11.8 Å². The van der Waals surface area contributed by atoms with Crippen LogP contribution in [-0.2, 0) is 14.3 Å². The first-order valence-electron chi connectivity index (χ1n) is 16.7. The van der Waals surface area contributed by atoms with Gasteiger partial charge in [-0.05, 0) is 90.1 Å². The molecule has 3 aliphatic heterocycles.